The van der Waals surface area contributed by atoms with Crippen LogP contribution in [-0.4, -0.2) is 36.1 Å². The molecule has 1 aromatic carbocycles. The summed E-state index contributed by atoms with van der Waals surface area (Å²) < 4.78 is 43.8. The van der Waals surface area contributed by atoms with E-state index in [-0.39, 0.29) is 6.42 Å². The molecule has 0 aliphatic carbocycles. The number of aromatic nitrogens is 2. The Bertz CT molecular complexity index is 559. The molecule has 6 heteroatoms. The summed E-state index contributed by atoms with van der Waals surface area (Å²) in [7, 11) is 1.47. The molecule has 0 fully saturated rings. The molecule has 0 amide bonds. The first kappa shape index (κ1) is 13.6. The molecule has 102 valence electrons. The number of halogens is 3. The maximum Gasteiger partial charge on any atom is 0.160 e. The number of ether oxygens (including phenoxy) is 1. The van der Waals surface area contributed by atoms with Crippen LogP contribution < -0.4 is 4.74 Å². The predicted octanol–water partition coefficient (Wildman–Crippen LogP) is 2.83. The van der Waals surface area contributed by atoms with Gasteiger partial charge in [0.25, 0.3) is 0 Å². The molecular formula is C13H13F3N2O. The number of methoxy groups -OCH3 is 1. The largest absolute Gasteiger partial charge is 0.496 e. The monoisotopic (exact) mass is 270 g/mol. The number of hydrogen-bond donors (Lipinski definition) is 0. The van der Waals surface area contributed by atoms with Gasteiger partial charge in [0.15, 0.2) is 6.17 Å². The van der Waals surface area contributed by atoms with Gasteiger partial charge in [0.05, 0.1) is 23.7 Å². The second-order valence-corrected chi connectivity index (χ2v) is 4.07. The smallest absolute Gasteiger partial charge is 0.160 e. The van der Waals surface area contributed by atoms with Crippen LogP contribution in [0.25, 0.3) is 10.9 Å². The normalized spacial score (nSPS) is 14.3. The molecule has 0 N–H and O–H groups in total. The third-order valence-corrected chi connectivity index (χ3v) is 2.85. The number of rotatable bonds is 5. The third-order valence-electron chi connectivity index (χ3n) is 2.85. The maximum atomic E-state index is 13.5. The van der Waals surface area contributed by atoms with E-state index in [2.05, 4.69) is 9.97 Å². The van der Waals surface area contributed by atoms with E-state index in [1.807, 2.05) is 0 Å². The highest BCUT2D eigenvalue weighted by Gasteiger charge is 2.23. The Morgan fingerprint density at radius 2 is 2.00 bits per heavy atom. The van der Waals surface area contributed by atoms with Crippen molar-refractivity contribution in [3.63, 3.8) is 0 Å². The molecule has 0 aliphatic rings. The van der Waals surface area contributed by atoms with Crippen molar-refractivity contribution in [3.8, 4) is 5.75 Å². The Morgan fingerprint density at radius 3 is 2.68 bits per heavy atom. The SMILES string of the molecule is COc1cccc2ncnc(CC(F)C(F)CF)c12. The molecule has 0 saturated heterocycles. The van der Waals surface area contributed by atoms with Gasteiger partial charge in [-0.3, -0.25) is 0 Å². The average Bonchev–Trinajstić information content (AvgIpc) is 2.45. The van der Waals surface area contributed by atoms with Crippen molar-refractivity contribution in [2.75, 3.05) is 13.8 Å². The fourth-order valence-corrected chi connectivity index (χ4v) is 1.88. The fourth-order valence-electron chi connectivity index (χ4n) is 1.88. The standard InChI is InChI=1S/C13H13F3N2O/c1-19-12-4-2-3-10-13(12)11(18-7-17-10)5-8(15)9(16)6-14/h2-4,7-9H,5-6H2,1H3. The molecule has 0 aliphatic heterocycles. The zero-order chi connectivity index (χ0) is 13.8. The predicted molar refractivity (Wildman–Crippen MR) is 65.6 cm³/mol. The summed E-state index contributed by atoms with van der Waals surface area (Å²) in [4.78, 5) is 7.99. The van der Waals surface area contributed by atoms with Crippen molar-refractivity contribution in [1.82, 2.24) is 9.97 Å². The van der Waals surface area contributed by atoms with E-state index in [9.17, 15) is 13.2 Å². The number of nitrogens with zero attached hydrogens (tertiary/aromatic N) is 2. The first-order valence-corrected chi connectivity index (χ1v) is 5.78. The Morgan fingerprint density at radius 1 is 1.21 bits per heavy atom. The lowest BCUT2D eigenvalue weighted by molar-refractivity contribution is 0.136. The Hall–Kier alpha value is -1.85. The van der Waals surface area contributed by atoms with E-state index in [0.29, 0.717) is 22.3 Å². The molecule has 1 aromatic heterocycles. The number of benzene rings is 1. The molecule has 0 saturated carbocycles. The van der Waals surface area contributed by atoms with Gasteiger partial charge in [0, 0.05) is 6.42 Å². The minimum atomic E-state index is -2.14. The van der Waals surface area contributed by atoms with E-state index in [4.69, 9.17) is 4.74 Å². The molecule has 19 heavy (non-hydrogen) atoms. The van der Waals surface area contributed by atoms with Crippen LogP contribution in [-0.2, 0) is 6.42 Å². The zero-order valence-corrected chi connectivity index (χ0v) is 10.3. The van der Waals surface area contributed by atoms with Gasteiger partial charge in [-0.05, 0) is 12.1 Å². The van der Waals surface area contributed by atoms with Crippen LogP contribution in [0.15, 0.2) is 24.5 Å². The number of hydrogen-bond acceptors (Lipinski definition) is 3. The van der Waals surface area contributed by atoms with Gasteiger partial charge in [-0.15, -0.1) is 0 Å². The van der Waals surface area contributed by atoms with E-state index in [1.54, 1.807) is 18.2 Å². The molecule has 0 spiro atoms. The molecule has 2 unspecified atom stereocenters. The lowest BCUT2D eigenvalue weighted by Gasteiger charge is -2.13. The molecule has 3 nitrogen and oxygen atoms in total. The van der Waals surface area contributed by atoms with E-state index in [0.717, 1.165) is 0 Å². The van der Waals surface area contributed by atoms with Crippen LogP contribution in [0.3, 0.4) is 0 Å². The van der Waals surface area contributed by atoms with Gasteiger partial charge >= 0.3 is 0 Å². The molecule has 2 rings (SSSR count). The van der Waals surface area contributed by atoms with Crippen LogP contribution in [0, 0.1) is 0 Å². The lowest BCUT2D eigenvalue weighted by Crippen LogP contribution is -2.22. The van der Waals surface area contributed by atoms with Gasteiger partial charge in [0.1, 0.15) is 24.9 Å². The lowest BCUT2D eigenvalue weighted by atomic mass is 10.1. The fraction of sp³-hybridized carbons (Fsp3) is 0.385. The summed E-state index contributed by atoms with van der Waals surface area (Å²) in [5.41, 5.74) is 0.887. The van der Waals surface area contributed by atoms with Gasteiger partial charge in [-0.1, -0.05) is 6.07 Å². The summed E-state index contributed by atoms with van der Waals surface area (Å²) >= 11 is 0. The van der Waals surface area contributed by atoms with Crippen molar-refractivity contribution in [2.45, 2.75) is 18.8 Å². The quantitative estimate of drug-likeness (QED) is 0.838. The van der Waals surface area contributed by atoms with Crippen molar-refractivity contribution in [2.24, 2.45) is 0 Å². The molecule has 0 radical (unpaired) electrons. The minimum absolute atomic E-state index is 0.311. The van der Waals surface area contributed by atoms with Gasteiger partial charge in [0.2, 0.25) is 0 Å². The number of fused-ring (bicyclic) bond motifs is 1. The highest BCUT2D eigenvalue weighted by atomic mass is 19.2. The highest BCUT2D eigenvalue weighted by molar-refractivity contribution is 5.87. The Kier molecular flexibility index (Phi) is 4.19. The molecular weight excluding hydrogens is 257 g/mol. The summed E-state index contributed by atoms with van der Waals surface area (Å²) in [6, 6.07) is 5.15. The summed E-state index contributed by atoms with van der Waals surface area (Å²) in [6.07, 6.45) is -3.12. The molecule has 2 aromatic rings. The summed E-state index contributed by atoms with van der Waals surface area (Å²) in [6.45, 7) is -1.35. The maximum absolute atomic E-state index is 13.5. The first-order valence-electron chi connectivity index (χ1n) is 5.78. The zero-order valence-electron chi connectivity index (χ0n) is 10.3. The van der Waals surface area contributed by atoms with E-state index < -0.39 is 19.0 Å². The summed E-state index contributed by atoms with van der Waals surface area (Å²) in [5, 5.41) is 0.529. The molecule has 2 atom stereocenters. The van der Waals surface area contributed by atoms with Crippen molar-refractivity contribution >= 4 is 10.9 Å². The van der Waals surface area contributed by atoms with Crippen molar-refractivity contribution in [1.29, 1.82) is 0 Å². The second kappa shape index (κ2) is 5.86. The first-order chi connectivity index (χ1) is 9.17. The van der Waals surface area contributed by atoms with Gasteiger partial charge in [-0.25, -0.2) is 23.1 Å². The highest BCUT2D eigenvalue weighted by Crippen LogP contribution is 2.27. The van der Waals surface area contributed by atoms with Gasteiger partial charge in [-0.2, -0.15) is 0 Å². The molecule has 0 bridgehead atoms. The molecule has 1 heterocycles. The average molecular weight is 270 g/mol. The Balaban J connectivity index is 2.43. The van der Waals surface area contributed by atoms with Crippen LogP contribution >= 0.6 is 0 Å². The second-order valence-electron chi connectivity index (χ2n) is 4.07. The van der Waals surface area contributed by atoms with Crippen molar-refractivity contribution in [3.05, 3.63) is 30.2 Å². The Labute approximate surface area is 108 Å². The topological polar surface area (TPSA) is 35.0 Å². The van der Waals surface area contributed by atoms with Crippen molar-refractivity contribution < 1.29 is 17.9 Å². The van der Waals surface area contributed by atoms with Crippen LogP contribution in [0.2, 0.25) is 0 Å². The van der Waals surface area contributed by atoms with E-state index in [1.165, 1.54) is 13.4 Å². The van der Waals surface area contributed by atoms with Crippen LogP contribution in [0.1, 0.15) is 5.69 Å². The van der Waals surface area contributed by atoms with Crippen LogP contribution in [0.4, 0.5) is 13.2 Å². The third kappa shape index (κ3) is 2.77. The van der Waals surface area contributed by atoms with E-state index >= 15 is 0 Å². The van der Waals surface area contributed by atoms with Gasteiger partial charge < -0.3 is 4.74 Å². The van der Waals surface area contributed by atoms with Crippen LogP contribution in [0.5, 0.6) is 5.75 Å². The number of alkyl halides is 3. The summed E-state index contributed by atoms with van der Waals surface area (Å²) in [5.74, 6) is 0.482. The minimum Gasteiger partial charge on any atom is -0.496 e.